The molecule has 4 nitrogen and oxygen atoms in total. The van der Waals surface area contributed by atoms with Crippen LogP contribution in [0.1, 0.15) is 23.2 Å². The molecule has 1 aromatic heterocycles. The quantitative estimate of drug-likeness (QED) is 0.746. The van der Waals surface area contributed by atoms with E-state index in [1.54, 1.807) is 14.2 Å². The van der Waals surface area contributed by atoms with Gasteiger partial charge >= 0.3 is 0 Å². The number of methoxy groups -OCH3 is 2. The molecule has 108 valence electrons. The van der Waals surface area contributed by atoms with Gasteiger partial charge in [0.25, 0.3) is 0 Å². The van der Waals surface area contributed by atoms with Gasteiger partial charge in [-0.05, 0) is 20.3 Å². The van der Waals surface area contributed by atoms with Crippen LogP contribution in [0.4, 0.5) is 0 Å². The normalized spacial score (nSPS) is 12.5. The van der Waals surface area contributed by atoms with Gasteiger partial charge in [-0.15, -0.1) is 11.6 Å². The van der Waals surface area contributed by atoms with Crippen LogP contribution in [0.3, 0.4) is 0 Å². The Hall–Kier alpha value is -0.840. The summed E-state index contributed by atoms with van der Waals surface area (Å²) >= 11 is 5.93. The third kappa shape index (κ3) is 4.64. The van der Waals surface area contributed by atoms with Gasteiger partial charge in [-0.1, -0.05) is 0 Å². The van der Waals surface area contributed by atoms with Crippen LogP contribution in [0.5, 0.6) is 5.75 Å². The Kier molecular flexibility index (Phi) is 7.13. The number of pyridine rings is 1. The van der Waals surface area contributed by atoms with Crippen molar-refractivity contribution < 1.29 is 9.47 Å². The smallest absolute Gasteiger partial charge is 0.128 e. The molecule has 0 saturated carbocycles. The Labute approximate surface area is 120 Å². The van der Waals surface area contributed by atoms with Crippen molar-refractivity contribution in [2.24, 2.45) is 0 Å². The lowest BCUT2D eigenvalue weighted by Gasteiger charge is -2.17. The first-order chi connectivity index (χ1) is 9.13. The van der Waals surface area contributed by atoms with Gasteiger partial charge in [-0.3, -0.25) is 4.98 Å². The van der Waals surface area contributed by atoms with E-state index in [0.717, 1.165) is 29.0 Å². The minimum absolute atomic E-state index is 0.232. The maximum atomic E-state index is 5.93. The van der Waals surface area contributed by atoms with Gasteiger partial charge in [0.05, 0.1) is 12.8 Å². The fourth-order valence-corrected chi connectivity index (χ4v) is 2.25. The Morgan fingerprint density at radius 2 is 2.11 bits per heavy atom. The van der Waals surface area contributed by atoms with E-state index < -0.39 is 0 Å². The molecule has 0 aliphatic rings. The molecular formula is C14H23ClN2O2. The van der Waals surface area contributed by atoms with Crippen LogP contribution in [0.15, 0.2) is 6.20 Å². The number of nitrogens with zero attached hydrogens (tertiary/aromatic N) is 1. The Bertz CT molecular complexity index is 399. The average molecular weight is 287 g/mol. The molecular weight excluding hydrogens is 264 g/mol. The second-order valence-electron chi connectivity index (χ2n) is 4.56. The van der Waals surface area contributed by atoms with Crippen LogP contribution in [0.25, 0.3) is 0 Å². The summed E-state index contributed by atoms with van der Waals surface area (Å²) in [5.41, 5.74) is 3.13. The van der Waals surface area contributed by atoms with Crippen molar-refractivity contribution in [3.05, 3.63) is 23.0 Å². The third-order valence-corrected chi connectivity index (χ3v) is 3.54. The highest BCUT2D eigenvalue weighted by atomic mass is 35.5. The standard InChI is InChI=1S/C14H23ClN2O2/c1-10-8-17-13(11(2)14(10)19-4)9-16-12(7-15)5-6-18-3/h8,12,16H,5-7,9H2,1-4H3. The molecule has 0 aromatic carbocycles. The molecule has 0 aliphatic heterocycles. The Morgan fingerprint density at radius 3 is 2.68 bits per heavy atom. The molecule has 1 atom stereocenters. The highest BCUT2D eigenvalue weighted by molar-refractivity contribution is 6.18. The van der Waals surface area contributed by atoms with E-state index in [4.69, 9.17) is 21.1 Å². The summed E-state index contributed by atoms with van der Waals surface area (Å²) in [6, 6.07) is 0.232. The van der Waals surface area contributed by atoms with Gasteiger partial charge in [0.2, 0.25) is 0 Å². The summed E-state index contributed by atoms with van der Waals surface area (Å²) < 4.78 is 10.5. The van der Waals surface area contributed by atoms with Gasteiger partial charge in [0.15, 0.2) is 0 Å². The molecule has 0 spiro atoms. The highest BCUT2D eigenvalue weighted by Crippen LogP contribution is 2.23. The predicted octanol–water partition coefficient (Wildman–Crippen LogP) is 2.44. The van der Waals surface area contributed by atoms with Crippen molar-refractivity contribution in [2.75, 3.05) is 26.7 Å². The first-order valence-corrected chi connectivity index (χ1v) is 6.94. The van der Waals surface area contributed by atoms with Crippen molar-refractivity contribution >= 4 is 11.6 Å². The molecule has 1 unspecified atom stereocenters. The van der Waals surface area contributed by atoms with E-state index in [2.05, 4.69) is 10.3 Å². The van der Waals surface area contributed by atoms with Gasteiger partial charge in [-0.2, -0.15) is 0 Å². The topological polar surface area (TPSA) is 43.4 Å². The SMILES string of the molecule is COCCC(CCl)NCc1ncc(C)c(OC)c1C. The summed E-state index contributed by atoms with van der Waals surface area (Å²) in [6.07, 6.45) is 2.73. The highest BCUT2D eigenvalue weighted by Gasteiger charge is 2.11. The van der Waals surface area contributed by atoms with Crippen molar-refractivity contribution in [1.29, 1.82) is 0 Å². The van der Waals surface area contributed by atoms with Crippen molar-refractivity contribution in [1.82, 2.24) is 10.3 Å². The van der Waals surface area contributed by atoms with Crippen LogP contribution < -0.4 is 10.1 Å². The van der Waals surface area contributed by atoms with Crippen LogP contribution in [-0.2, 0) is 11.3 Å². The summed E-state index contributed by atoms with van der Waals surface area (Å²) in [4.78, 5) is 4.46. The summed E-state index contributed by atoms with van der Waals surface area (Å²) in [5.74, 6) is 1.47. The van der Waals surface area contributed by atoms with Gasteiger partial charge in [0.1, 0.15) is 5.75 Å². The lowest BCUT2D eigenvalue weighted by atomic mass is 10.1. The lowest BCUT2D eigenvalue weighted by molar-refractivity contribution is 0.185. The van der Waals surface area contributed by atoms with E-state index in [1.165, 1.54) is 0 Å². The largest absolute Gasteiger partial charge is 0.496 e. The number of halogens is 1. The number of aromatic nitrogens is 1. The fraction of sp³-hybridized carbons (Fsp3) is 0.643. The first kappa shape index (κ1) is 16.2. The molecule has 0 amide bonds. The molecule has 0 fully saturated rings. The minimum atomic E-state index is 0.232. The minimum Gasteiger partial charge on any atom is -0.496 e. The zero-order valence-corrected chi connectivity index (χ0v) is 12.9. The van der Waals surface area contributed by atoms with E-state index in [0.29, 0.717) is 19.0 Å². The molecule has 5 heteroatoms. The average Bonchev–Trinajstić information content (AvgIpc) is 2.41. The van der Waals surface area contributed by atoms with Crippen molar-refractivity contribution in [3.63, 3.8) is 0 Å². The molecule has 0 saturated heterocycles. The Morgan fingerprint density at radius 1 is 1.37 bits per heavy atom. The maximum Gasteiger partial charge on any atom is 0.128 e. The second-order valence-corrected chi connectivity index (χ2v) is 4.87. The predicted molar refractivity (Wildman–Crippen MR) is 78.1 cm³/mol. The monoisotopic (exact) mass is 286 g/mol. The second kappa shape index (κ2) is 8.35. The van der Waals surface area contributed by atoms with E-state index in [1.807, 2.05) is 20.0 Å². The van der Waals surface area contributed by atoms with Gasteiger partial charge in [0, 0.05) is 49.5 Å². The molecule has 1 aromatic rings. The fourth-order valence-electron chi connectivity index (χ4n) is 1.98. The van der Waals surface area contributed by atoms with E-state index in [-0.39, 0.29) is 6.04 Å². The number of ether oxygens (including phenoxy) is 2. The molecule has 0 aliphatic carbocycles. The summed E-state index contributed by atoms with van der Waals surface area (Å²) in [6.45, 7) is 5.41. The molecule has 1 heterocycles. The number of nitrogens with one attached hydrogen (secondary N) is 1. The number of hydrogen-bond acceptors (Lipinski definition) is 4. The molecule has 19 heavy (non-hydrogen) atoms. The zero-order valence-electron chi connectivity index (χ0n) is 12.1. The van der Waals surface area contributed by atoms with Gasteiger partial charge in [-0.25, -0.2) is 0 Å². The number of hydrogen-bond donors (Lipinski definition) is 1. The van der Waals surface area contributed by atoms with Crippen LogP contribution in [0, 0.1) is 13.8 Å². The number of alkyl halides is 1. The summed E-state index contributed by atoms with van der Waals surface area (Å²) in [5, 5.41) is 3.40. The maximum absolute atomic E-state index is 5.93. The molecule has 0 bridgehead atoms. The summed E-state index contributed by atoms with van der Waals surface area (Å²) in [7, 11) is 3.38. The van der Waals surface area contributed by atoms with E-state index >= 15 is 0 Å². The molecule has 0 radical (unpaired) electrons. The van der Waals surface area contributed by atoms with E-state index in [9.17, 15) is 0 Å². The molecule has 1 rings (SSSR count). The molecule has 1 N–H and O–H groups in total. The van der Waals surface area contributed by atoms with Gasteiger partial charge < -0.3 is 14.8 Å². The third-order valence-electron chi connectivity index (χ3n) is 3.16. The Balaban J connectivity index is 2.66. The zero-order chi connectivity index (χ0) is 14.3. The van der Waals surface area contributed by atoms with Crippen LogP contribution in [0.2, 0.25) is 0 Å². The number of rotatable bonds is 8. The first-order valence-electron chi connectivity index (χ1n) is 6.41. The van der Waals surface area contributed by atoms with Crippen molar-refractivity contribution in [3.8, 4) is 5.75 Å². The van der Waals surface area contributed by atoms with Crippen molar-refractivity contribution in [2.45, 2.75) is 32.9 Å². The van der Waals surface area contributed by atoms with Crippen LogP contribution >= 0.6 is 11.6 Å². The van der Waals surface area contributed by atoms with Crippen LogP contribution in [-0.4, -0.2) is 37.7 Å². The lowest BCUT2D eigenvalue weighted by Crippen LogP contribution is -2.32. The number of aryl methyl sites for hydroxylation is 1.